The highest BCUT2D eigenvalue weighted by molar-refractivity contribution is 6.21. The lowest BCUT2D eigenvalue weighted by molar-refractivity contribution is 0.669. The van der Waals surface area contributed by atoms with Crippen molar-refractivity contribution >= 4 is 82.1 Å². The largest absolute Gasteiger partial charge is 0.456 e. The molecular weight excluding hydrogens is 583 g/mol. The highest BCUT2D eigenvalue weighted by Crippen LogP contribution is 2.45. The quantitative estimate of drug-likeness (QED) is 0.184. The Bertz CT molecular complexity index is 2840. The summed E-state index contributed by atoms with van der Waals surface area (Å²) in [6.45, 7) is 0. The lowest BCUT2D eigenvalue weighted by atomic mass is 9.94. The number of nitrogens with zero attached hydrogens (tertiary/aromatic N) is 1. The number of furan rings is 1. The zero-order valence-electron chi connectivity index (χ0n) is 26.1. The van der Waals surface area contributed by atoms with Gasteiger partial charge in [0.15, 0.2) is 0 Å². The molecule has 224 valence electrons. The molecule has 0 unspecified atom stereocenters. The van der Waals surface area contributed by atoms with Crippen LogP contribution in [0, 0.1) is 0 Å². The van der Waals surface area contributed by atoms with E-state index in [4.69, 9.17) is 4.42 Å². The van der Waals surface area contributed by atoms with Crippen LogP contribution in [0.4, 0.5) is 17.1 Å². The van der Waals surface area contributed by atoms with Gasteiger partial charge in [-0.15, -0.1) is 0 Å². The maximum absolute atomic E-state index is 6.26. The van der Waals surface area contributed by atoms with Crippen LogP contribution in [0.5, 0.6) is 0 Å². The third kappa shape index (κ3) is 4.13. The van der Waals surface area contributed by atoms with E-state index < -0.39 is 0 Å². The molecule has 0 saturated heterocycles. The molecule has 2 nitrogen and oxygen atoms in total. The summed E-state index contributed by atoms with van der Waals surface area (Å²) in [5.74, 6) is 0. The molecule has 0 aliphatic rings. The molecule has 2 heteroatoms. The fourth-order valence-corrected chi connectivity index (χ4v) is 7.57. The number of fused-ring (bicyclic) bond motifs is 9. The molecule has 0 atom stereocenters. The molecule has 0 saturated carbocycles. The Morgan fingerprint density at radius 1 is 0.333 bits per heavy atom. The fraction of sp³-hybridized carbons (Fsp3) is 0. The van der Waals surface area contributed by atoms with Gasteiger partial charge in [0.1, 0.15) is 11.2 Å². The van der Waals surface area contributed by atoms with Gasteiger partial charge in [-0.05, 0) is 91.3 Å². The third-order valence-electron chi connectivity index (χ3n) is 9.83. The highest BCUT2D eigenvalue weighted by Gasteiger charge is 2.20. The van der Waals surface area contributed by atoms with Crippen molar-refractivity contribution in [2.24, 2.45) is 0 Å². The second-order valence-electron chi connectivity index (χ2n) is 12.5. The van der Waals surface area contributed by atoms with E-state index >= 15 is 0 Å². The molecule has 10 aromatic rings. The maximum atomic E-state index is 6.26. The summed E-state index contributed by atoms with van der Waals surface area (Å²) in [4.78, 5) is 2.41. The van der Waals surface area contributed by atoms with Gasteiger partial charge in [-0.2, -0.15) is 0 Å². The molecule has 0 aliphatic carbocycles. The minimum absolute atomic E-state index is 0.889. The van der Waals surface area contributed by atoms with Gasteiger partial charge in [-0.25, -0.2) is 0 Å². The van der Waals surface area contributed by atoms with Crippen molar-refractivity contribution in [3.8, 4) is 11.1 Å². The molecule has 1 heterocycles. The summed E-state index contributed by atoms with van der Waals surface area (Å²) >= 11 is 0. The van der Waals surface area contributed by atoms with Crippen molar-refractivity contribution in [3.05, 3.63) is 176 Å². The van der Waals surface area contributed by atoms with Gasteiger partial charge in [-0.1, -0.05) is 133 Å². The number of rotatable bonds is 4. The first-order chi connectivity index (χ1) is 23.8. The van der Waals surface area contributed by atoms with Crippen LogP contribution >= 0.6 is 0 Å². The van der Waals surface area contributed by atoms with E-state index in [9.17, 15) is 0 Å². The molecule has 48 heavy (non-hydrogen) atoms. The molecule has 0 amide bonds. The molecule has 0 fully saturated rings. The second kappa shape index (κ2) is 10.6. The van der Waals surface area contributed by atoms with Gasteiger partial charge < -0.3 is 9.32 Å². The summed E-state index contributed by atoms with van der Waals surface area (Å²) in [6.07, 6.45) is 0. The van der Waals surface area contributed by atoms with E-state index in [1.807, 2.05) is 12.1 Å². The summed E-state index contributed by atoms with van der Waals surface area (Å²) in [5.41, 5.74) is 7.53. The van der Waals surface area contributed by atoms with Crippen LogP contribution in [0.2, 0.25) is 0 Å². The molecule has 0 aliphatic heterocycles. The topological polar surface area (TPSA) is 16.4 Å². The van der Waals surface area contributed by atoms with Crippen LogP contribution in [-0.4, -0.2) is 0 Å². The Hall–Kier alpha value is -6.38. The number of benzene rings is 9. The lowest BCUT2D eigenvalue weighted by Gasteiger charge is -2.28. The molecular formula is C46H29NO. The van der Waals surface area contributed by atoms with Crippen LogP contribution in [0.1, 0.15) is 0 Å². The predicted molar refractivity (Wildman–Crippen MR) is 204 cm³/mol. The van der Waals surface area contributed by atoms with Crippen molar-refractivity contribution in [3.63, 3.8) is 0 Å². The zero-order chi connectivity index (χ0) is 31.6. The van der Waals surface area contributed by atoms with E-state index in [2.05, 4.69) is 169 Å². The molecule has 10 rings (SSSR count). The smallest absolute Gasteiger partial charge is 0.135 e. The molecule has 0 N–H and O–H groups in total. The Morgan fingerprint density at radius 3 is 1.77 bits per heavy atom. The number of anilines is 3. The average Bonchev–Trinajstić information content (AvgIpc) is 3.53. The summed E-state index contributed by atoms with van der Waals surface area (Å²) < 4.78 is 6.26. The van der Waals surface area contributed by atoms with Crippen molar-refractivity contribution in [2.75, 3.05) is 4.90 Å². The van der Waals surface area contributed by atoms with Gasteiger partial charge in [0, 0.05) is 27.5 Å². The van der Waals surface area contributed by atoms with E-state index in [1.165, 1.54) is 54.2 Å². The van der Waals surface area contributed by atoms with Gasteiger partial charge in [0.05, 0.1) is 5.69 Å². The monoisotopic (exact) mass is 611 g/mol. The van der Waals surface area contributed by atoms with E-state index in [1.54, 1.807) is 0 Å². The number of hydrogen-bond donors (Lipinski definition) is 0. The minimum Gasteiger partial charge on any atom is -0.456 e. The number of para-hydroxylation sites is 1. The van der Waals surface area contributed by atoms with E-state index in [0.29, 0.717) is 0 Å². The van der Waals surface area contributed by atoms with Crippen molar-refractivity contribution in [2.45, 2.75) is 0 Å². The van der Waals surface area contributed by atoms with Crippen LogP contribution in [-0.2, 0) is 0 Å². The molecule has 1 aromatic heterocycles. The minimum atomic E-state index is 0.889. The Labute approximate surface area is 277 Å². The Kier molecular flexibility index (Phi) is 5.91. The van der Waals surface area contributed by atoms with Crippen molar-refractivity contribution in [1.29, 1.82) is 0 Å². The first-order valence-electron chi connectivity index (χ1n) is 16.4. The predicted octanol–water partition coefficient (Wildman–Crippen LogP) is 13.3. The molecule has 9 aromatic carbocycles. The van der Waals surface area contributed by atoms with Gasteiger partial charge in [-0.3, -0.25) is 0 Å². The summed E-state index contributed by atoms with van der Waals surface area (Å²) in [5, 5.41) is 12.2. The third-order valence-corrected chi connectivity index (χ3v) is 9.83. The summed E-state index contributed by atoms with van der Waals surface area (Å²) in [7, 11) is 0. The standard InChI is InChI=1S/C46H29NO/c1-3-13-35-30(10-1)12-9-18-36(35)32-20-23-33(24-21-32)47(34-25-27-46-43(28-34)41-17-7-8-19-45(41)48-46)44-29-42-37-14-4-2-11-31(37)22-26-39(42)38-15-5-6-16-40(38)44/h1-29H. The normalized spacial score (nSPS) is 11.8. The molecule has 0 radical (unpaired) electrons. The zero-order valence-corrected chi connectivity index (χ0v) is 26.1. The van der Waals surface area contributed by atoms with Crippen molar-refractivity contribution < 1.29 is 4.42 Å². The summed E-state index contributed by atoms with van der Waals surface area (Å²) in [6, 6.07) is 63.5. The van der Waals surface area contributed by atoms with Crippen LogP contribution < -0.4 is 4.90 Å². The Morgan fingerprint density at radius 2 is 0.938 bits per heavy atom. The van der Waals surface area contributed by atoms with Crippen LogP contribution in [0.3, 0.4) is 0 Å². The maximum Gasteiger partial charge on any atom is 0.135 e. The lowest BCUT2D eigenvalue weighted by Crippen LogP contribution is -2.10. The highest BCUT2D eigenvalue weighted by atomic mass is 16.3. The number of hydrogen-bond acceptors (Lipinski definition) is 2. The van der Waals surface area contributed by atoms with Crippen LogP contribution in [0.25, 0.3) is 76.2 Å². The van der Waals surface area contributed by atoms with Crippen LogP contribution in [0.15, 0.2) is 180 Å². The van der Waals surface area contributed by atoms with Gasteiger partial charge in [0.25, 0.3) is 0 Å². The van der Waals surface area contributed by atoms with E-state index in [0.717, 1.165) is 39.0 Å². The van der Waals surface area contributed by atoms with Gasteiger partial charge in [0.2, 0.25) is 0 Å². The van der Waals surface area contributed by atoms with Gasteiger partial charge >= 0.3 is 0 Å². The second-order valence-corrected chi connectivity index (χ2v) is 12.5. The molecule has 0 bridgehead atoms. The fourth-order valence-electron chi connectivity index (χ4n) is 7.57. The average molecular weight is 612 g/mol. The first kappa shape index (κ1) is 26.8. The first-order valence-corrected chi connectivity index (χ1v) is 16.4. The van der Waals surface area contributed by atoms with Crippen molar-refractivity contribution in [1.82, 2.24) is 0 Å². The van der Waals surface area contributed by atoms with E-state index in [-0.39, 0.29) is 0 Å². The SMILES string of the molecule is c1ccc2c(-c3ccc(N(c4ccc5oc6ccccc6c5c4)c4cc5c6ccccc6ccc5c5ccccc45)cc3)cccc2c1. The Balaban J connectivity index is 1.25. The molecule has 0 spiro atoms.